The number of carbonyl (C=O) groups excluding carboxylic acids is 1. The molecule has 4 nitrogen and oxygen atoms in total. The van der Waals surface area contributed by atoms with Crippen LogP contribution >= 0.6 is 0 Å². The van der Waals surface area contributed by atoms with Gasteiger partial charge in [-0.05, 0) is 43.5 Å². The topological polar surface area (TPSA) is 64.4 Å². The van der Waals surface area contributed by atoms with Gasteiger partial charge in [-0.1, -0.05) is 19.9 Å². The first kappa shape index (κ1) is 14.5. The molecule has 2 aliphatic rings. The molecule has 3 rings (SSSR count). The van der Waals surface area contributed by atoms with Crippen molar-refractivity contribution in [1.29, 1.82) is 0 Å². The minimum absolute atomic E-state index is 0.0933. The summed E-state index contributed by atoms with van der Waals surface area (Å²) >= 11 is 0. The normalized spacial score (nSPS) is 33.2. The maximum Gasteiger partial charge on any atom is 0.245 e. The van der Waals surface area contributed by atoms with E-state index in [0.29, 0.717) is 6.61 Å². The number of hydrogen-bond acceptors (Lipinski definition) is 3. The molecule has 21 heavy (non-hydrogen) atoms. The highest BCUT2D eigenvalue weighted by Crippen LogP contribution is 2.58. The van der Waals surface area contributed by atoms with Gasteiger partial charge >= 0.3 is 0 Å². The number of anilines is 1. The first-order valence-electron chi connectivity index (χ1n) is 7.57. The maximum absolute atomic E-state index is 12.8. The third-order valence-electron chi connectivity index (χ3n) is 5.31. The van der Waals surface area contributed by atoms with Crippen molar-refractivity contribution in [3.63, 3.8) is 0 Å². The van der Waals surface area contributed by atoms with Crippen LogP contribution in [0.5, 0.6) is 0 Å². The fourth-order valence-electron chi connectivity index (χ4n) is 4.13. The number of amides is 1. The molecular weight excluding hydrogens is 264 g/mol. The lowest BCUT2D eigenvalue weighted by atomic mass is 9.48. The first-order valence-corrected chi connectivity index (χ1v) is 7.57. The van der Waals surface area contributed by atoms with E-state index >= 15 is 0 Å². The lowest BCUT2D eigenvalue weighted by Crippen LogP contribution is -2.79. The van der Waals surface area contributed by atoms with Crippen LogP contribution in [-0.4, -0.2) is 24.2 Å². The fourth-order valence-corrected chi connectivity index (χ4v) is 4.13. The van der Waals surface area contributed by atoms with Crippen LogP contribution in [0.1, 0.15) is 31.4 Å². The number of fused-ring (bicyclic) bond motifs is 1. The first-order chi connectivity index (χ1) is 9.76. The highest BCUT2D eigenvalue weighted by atomic mass is 16.5. The molecule has 3 N–H and O–H groups in total. The SMILES string of the molecule is Cc1cc(C)cc(NC(=O)C2(N)C3CCOC3C2(C)C)c1. The Morgan fingerprint density at radius 2 is 1.90 bits per heavy atom. The second-order valence-electron chi connectivity index (χ2n) is 7.11. The van der Waals surface area contributed by atoms with Crippen LogP contribution in [0.15, 0.2) is 18.2 Å². The Bertz CT molecular complexity index is 576. The van der Waals surface area contributed by atoms with Gasteiger partial charge in [0.2, 0.25) is 5.91 Å². The van der Waals surface area contributed by atoms with E-state index in [1.54, 1.807) is 0 Å². The van der Waals surface area contributed by atoms with Gasteiger partial charge in [0.1, 0.15) is 5.54 Å². The Balaban J connectivity index is 1.85. The zero-order valence-electron chi connectivity index (χ0n) is 13.2. The molecule has 1 aromatic carbocycles. The summed E-state index contributed by atoms with van der Waals surface area (Å²) in [4.78, 5) is 12.8. The van der Waals surface area contributed by atoms with E-state index in [1.807, 2.05) is 39.8 Å². The van der Waals surface area contributed by atoms with E-state index in [1.165, 1.54) is 0 Å². The molecule has 1 aliphatic heterocycles. The Hall–Kier alpha value is -1.39. The number of benzene rings is 1. The molecule has 0 radical (unpaired) electrons. The Labute approximate surface area is 126 Å². The third-order valence-corrected chi connectivity index (χ3v) is 5.31. The standard InChI is InChI=1S/C17H24N2O2/c1-10-7-11(2)9-12(8-10)19-15(20)17(18)13-5-6-21-14(13)16(17,3)4/h7-9,13-14H,5-6,18H2,1-4H3,(H,19,20). The largest absolute Gasteiger partial charge is 0.377 e. The van der Waals surface area contributed by atoms with Gasteiger partial charge in [-0.3, -0.25) is 4.79 Å². The van der Waals surface area contributed by atoms with Crippen LogP contribution in [0.25, 0.3) is 0 Å². The predicted octanol–water partition coefficient (Wildman–Crippen LogP) is 2.38. The van der Waals surface area contributed by atoms with Gasteiger partial charge < -0.3 is 15.8 Å². The number of hydrogen-bond donors (Lipinski definition) is 2. The van der Waals surface area contributed by atoms with Crippen LogP contribution in [0.3, 0.4) is 0 Å². The van der Waals surface area contributed by atoms with E-state index in [0.717, 1.165) is 23.2 Å². The van der Waals surface area contributed by atoms with Crippen LogP contribution in [0, 0.1) is 25.2 Å². The van der Waals surface area contributed by atoms with Crippen molar-refractivity contribution in [1.82, 2.24) is 0 Å². The average molecular weight is 288 g/mol. The second kappa shape index (κ2) is 4.55. The van der Waals surface area contributed by atoms with Gasteiger partial charge in [-0.2, -0.15) is 0 Å². The lowest BCUT2D eigenvalue weighted by molar-refractivity contribution is -0.170. The van der Waals surface area contributed by atoms with Crippen LogP contribution in [0.4, 0.5) is 5.69 Å². The zero-order valence-corrected chi connectivity index (χ0v) is 13.2. The molecule has 1 heterocycles. The van der Waals surface area contributed by atoms with Gasteiger partial charge in [0.05, 0.1) is 6.10 Å². The van der Waals surface area contributed by atoms with Crippen LogP contribution < -0.4 is 11.1 Å². The van der Waals surface area contributed by atoms with E-state index in [4.69, 9.17) is 10.5 Å². The highest BCUT2D eigenvalue weighted by molar-refractivity contribution is 6.00. The molecule has 114 valence electrons. The quantitative estimate of drug-likeness (QED) is 0.878. The molecule has 2 fully saturated rings. The van der Waals surface area contributed by atoms with Crippen LogP contribution in [-0.2, 0) is 9.53 Å². The molecule has 1 saturated carbocycles. The monoisotopic (exact) mass is 288 g/mol. The number of carbonyl (C=O) groups is 1. The molecule has 0 aromatic heterocycles. The smallest absolute Gasteiger partial charge is 0.245 e. The summed E-state index contributed by atoms with van der Waals surface area (Å²) in [6, 6.07) is 6.03. The van der Waals surface area contributed by atoms with E-state index in [-0.39, 0.29) is 23.3 Å². The molecule has 4 heteroatoms. The number of ether oxygens (including phenoxy) is 1. The molecule has 1 aromatic rings. The molecule has 0 spiro atoms. The summed E-state index contributed by atoms with van der Waals surface area (Å²) < 4.78 is 5.74. The van der Waals surface area contributed by atoms with Crippen molar-refractivity contribution in [3.05, 3.63) is 29.3 Å². The molecule has 0 bridgehead atoms. The number of nitrogens with two attached hydrogens (primary N) is 1. The van der Waals surface area contributed by atoms with Crippen molar-refractivity contribution in [3.8, 4) is 0 Å². The van der Waals surface area contributed by atoms with E-state index in [2.05, 4.69) is 11.4 Å². The summed E-state index contributed by atoms with van der Waals surface area (Å²) in [6.07, 6.45) is 0.970. The molecule has 1 amide bonds. The Morgan fingerprint density at radius 1 is 1.29 bits per heavy atom. The van der Waals surface area contributed by atoms with Crippen molar-refractivity contribution in [2.24, 2.45) is 17.1 Å². The van der Waals surface area contributed by atoms with Gasteiger partial charge in [-0.15, -0.1) is 0 Å². The summed E-state index contributed by atoms with van der Waals surface area (Å²) in [5.41, 5.74) is 8.43. The Kier molecular flexibility index (Phi) is 3.15. The summed E-state index contributed by atoms with van der Waals surface area (Å²) in [5.74, 6) is 0.0302. The van der Waals surface area contributed by atoms with Gasteiger partial charge in [0, 0.05) is 23.6 Å². The van der Waals surface area contributed by atoms with Crippen molar-refractivity contribution < 1.29 is 9.53 Å². The zero-order chi connectivity index (χ0) is 15.4. The molecule has 1 saturated heterocycles. The fraction of sp³-hybridized carbons (Fsp3) is 0.588. The van der Waals surface area contributed by atoms with Gasteiger partial charge in [-0.25, -0.2) is 0 Å². The molecule has 3 unspecified atom stereocenters. The Morgan fingerprint density at radius 3 is 2.52 bits per heavy atom. The number of aryl methyl sites for hydroxylation is 2. The summed E-state index contributed by atoms with van der Waals surface area (Å²) in [6.45, 7) is 8.81. The summed E-state index contributed by atoms with van der Waals surface area (Å²) in [7, 11) is 0. The number of nitrogens with one attached hydrogen (secondary N) is 1. The second-order valence-corrected chi connectivity index (χ2v) is 7.11. The van der Waals surface area contributed by atoms with E-state index in [9.17, 15) is 4.79 Å². The predicted molar refractivity (Wildman–Crippen MR) is 83.1 cm³/mol. The summed E-state index contributed by atoms with van der Waals surface area (Å²) in [5, 5.41) is 3.01. The molecule has 1 aliphatic carbocycles. The van der Waals surface area contributed by atoms with Gasteiger partial charge in [0.15, 0.2) is 0 Å². The number of rotatable bonds is 2. The van der Waals surface area contributed by atoms with Crippen molar-refractivity contribution in [2.75, 3.05) is 11.9 Å². The molecular formula is C17H24N2O2. The van der Waals surface area contributed by atoms with Crippen molar-refractivity contribution in [2.45, 2.75) is 45.8 Å². The highest BCUT2D eigenvalue weighted by Gasteiger charge is 2.71. The van der Waals surface area contributed by atoms with Gasteiger partial charge in [0.25, 0.3) is 0 Å². The minimum Gasteiger partial charge on any atom is -0.377 e. The van der Waals surface area contributed by atoms with Crippen molar-refractivity contribution >= 4 is 11.6 Å². The van der Waals surface area contributed by atoms with E-state index < -0.39 is 5.54 Å². The van der Waals surface area contributed by atoms with Crippen LogP contribution in [0.2, 0.25) is 0 Å². The third kappa shape index (κ3) is 1.93. The molecule has 3 atom stereocenters. The maximum atomic E-state index is 12.8. The average Bonchev–Trinajstić information content (AvgIpc) is 2.84. The minimum atomic E-state index is -0.855. The lowest BCUT2D eigenvalue weighted by Gasteiger charge is -2.60.